The fourth-order valence-corrected chi connectivity index (χ4v) is 2.55. The zero-order valence-corrected chi connectivity index (χ0v) is 8.37. The first-order chi connectivity index (χ1) is 6.68. The molecule has 76 valence electrons. The summed E-state index contributed by atoms with van der Waals surface area (Å²) in [4.78, 5) is 3.87. The van der Waals surface area contributed by atoms with Gasteiger partial charge in [0.25, 0.3) is 10.2 Å². The van der Waals surface area contributed by atoms with Crippen molar-refractivity contribution < 1.29 is 8.42 Å². The maximum Gasteiger partial charge on any atom is 0.279 e. The van der Waals surface area contributed by atoms with Gasteiger partial charge in [0.05, 0.1) is 0 Å². The van der Waals surface area contributed by atoms with Crippen LogP contribution in [-0.4, -0.2) is 30.8 Å². The summed E-state index contributed by atoms with van der Waals surface area (Å²) in [6, 6.07) is 3.63. The van der Waals surface area contributed by atoms with Crippen molar-refractivity contribution in [2.45, 2.75) is 6.54 Å². The van der Waals surface area contributed by atoms with Gasteiger partial charge in [-0.3, -0.25) is 4.98 Å². The summed E-state index contributed by atoms with van der Waals surface area (Å²) in [5.41, 5.74) is 0.951. The predicted molar refractivity (Wildman–Crippen MR) is 51.6 cm³/mol. The summed E-state index contributed by atoms with van der Waals surface area (Å²) in [6.07, 6.45) is 3.32. The molecule has 1 aliphatic heterocycles. The van der Waals surface area contributed by atoms with Crippen LogP contribution in [0.25, 0.3) is 0 Å². The van der Waals surface area contributed by atoms with Crippen molar-refractivity contribution >= 4 is 10.2 Å². The summed E-state index contributed by atoms with van der Waals surface area (Å²) < 4.78 is 26.6. The van der Waals surface area contributed by atoms with E-state index in [0.717, 1.165) is 5.56 Å². The minimum absolute atomic E-state index is 0.415. The van der Waals surface area contributed by atoms with Gasteiger partial charge >= 0.3 is 0 Å². The largest absolute Gasteiger partial charge is 0.279 e. The average Bonchev–Trinajstić information content (AvgIpc) is 2.48. The molecule has 0 aromatic carbocycles. The number of nitrogens with zero attached hydrogens (tertiary/aromatic N) is 2. The molecule has 0 bridgehead atoms. The standard InChI is InChI=1S/C8H11N3O2S/c12-14(13)10-5-6-11(14)7-8-1-3-9-4-2-8/h1-4,10H,5-7H2. The van der Waals surface area contributed by atoms with Crippen molar-refractivity contribution in [2.75, 3.05) is 13.1 Å². The first-order valence-corrected chi connectivity index (χ1v) is 5.76. The van der Waals surface area contributed by atoms with E-state index in [0.29, 0.717) is 19.6 Å². The molecule has 1 aromatic heterocycles. The molecule has 0 radical (unpaired) electrons. The van der Waals surface area contributed by atoms with Crippen molar-refractivity contribution in [3.63, 3.8) is 0 Å². The number of hydrogen-bond donors (Lipinski definition) is 1. The summed E-state index contributed by atoms with van der Waals surface area (Å²) in [7, 11) is -3.22. The lowest BCUT2D eigenvalue weighted by atomic mass is 10.3. The lowest BCUT2D eigenvalue weighted by Gasteiger charge is -2.12. The quantitative estimate of drug-likeness (QED) is 0.735. The lowest BCUT2D eigenvalue weighted by molar-refractivity contribution is 0.446. The van der Waals surface area contributed by atoms with Crippen LogP contribution in [0.4, 0.5) is 0 Å². The minimum atomic E-state index is -3.22. The Morgan fingerprint density at radius 1 is 1.43 bits per heavy atom. The molecule has 1 aromatic rings. The SMILES string of the molecule is O=S1(=O)NCCN1Cc1ccncc1. The van der Waals surface area contributed by atoms with E-state index in [2.05, 4.69) is 9.71 Å². The van der Waals surface area contributed by atoms with Gasteiger partial charge in [-0.1, -0.05) is 0 Å². The highest BCUT2D eigenvalue weighted by atomic mass is 32.2. The molecule has 0 saturated carbocycles. The molecule has 14 heavy (non-hydrogen) atoms. The molecule has 1 N–H and O–H groups in total. The second kappa shape index (κ2) is 3.64. The molecule has 1 aliphatic rings. The van der Waals surface area contributed by atoms with Gasteiger partial charge in [-0.05, 0) is 17.7 Å². The van der Waals surface area contributed by atoms with Crippen LogP contribution in [0.1, 0.15) is 5.56 Å². The second-order valence-corrected chi connectivity index (χ2v) is 4.84. The van der Waals surface area contributed by atoms with E-state index in [4.69, 9.17) is 0 Å². The summed E-state index contributed by atoms with van der Waals surface area (Å²) in [6.45, 7) is 1.44. The molecule has 0 unspecified atom stereocenters. The zero-order valence-electron chi connectivity index (χ0n) is 7.55. The maximum absolute atomic E-state index is 11.4. The van der Waals surface area contributed by atoms with Crippen molar-refractivity contribution in [3.8, 4) is 0 Å². The molecule has 0 atom stereocenters. The van der Waals surface area contributed by atoms with Gasteiger partial charge in [-0.25, -0.2) is 4.72 Å². The summed E-state index contributed by atoms with van der Waals surface area (Å²) >= 11 is 0. The molecular weight excluding hydrogens is 202 g/mol. The van der Waals surface area contributed by atoms with Crippen LogP contribution in [0.15, 0.2) is 24.5 Å². The zero-order chi connectivity index (χ0) is 10.0. The van der Waals surface area contributed by atoms with Gasteiger partial charge in [-0.2, -0.15) is 12.7 Å². The maximum atomic E-state index is 11.4. The van der Waals surface area contributed by atoms with Gasteiger partial charge < -0.3 is 0 Å². The summed E-state index contributed by atoms with van der Waals surface area (Å²) in [5, 5.41) is 0. The van der Waals surface area contributed by atoms with Gasteiger partial charge in [0, 0.05) is 32.0 Å². The smallest absolute Gasteiger partial charge is 0.265 e. The van der Waals surface area contributed by atoms with Crippen LogP contribution in [-0.2, 0) is 16.8 Å². The average molecular weight is 213 g/mol. The highest BCUT2D eigenvalue weighted by Gasteiger charge is 2.27. The van der Waals surface area contributed by atoms with Crippen LogP contribution in [0.3, 0.4) is 0 Å². The molecule has 6 heteroatoms. The Morgan fingerprint density at radius 2 is 2.14 bits per heavy atom. The van der Waals surface area contributed by atoms with E-state index in [1.807, 2.05) is 12.1 Å². The van der Waals surface area contributed by atoms with E-state index in [1.165, 1.54) is 4.31 Å². The Kier molecular flexibility index (Phi) is 2.49. The Balaban J connectivity index is 2.13. The van der Waals surface area contributed by atoms with Gasteiger partial charge in [0.1, 0.15) is 0 Å². The highest BCUT2D eigenvalue weighted by Crippen LogP contribution is 2.10. The van der Waals surface area contributed by atoms with Crippen LogP contribution in [0, 0.1) is 0 Å². The third kappa shape index (κ3) is 1.92. The van der Waals surface area contributed by atoms with E-state index < -0.39 is 10.2 Å². The minimum Gasteiger partial charge on any atom is -0.265 e. The van der Waals surface area contributed by atoms with Crippen molar-refractivity contribution in [1.29, 1.82) is 0 Å². The van der Waals surface area contributed by atoms with E-state index in [1.54, 1.807) is 12.4 Å². The van der Waals surface area contributed by atoms with Crippen LogP contribution < -0.4 is 4.72 Å². The van der Waals surface area contributed by atoms with Crippen LogP contribution in [0.2, 0.25) is 0 Å². The van der Waals surface area contributed by atoms with Crippen molar-refractivity contribution in [1.82, 2.24) is 14.0 Å². The van der Waals surface area contributed by atoms with Gasteiger partial charge in [0.15, 0.2) is 0 Å². The van der Waals surface area contributed by atoms with Gasteiger partial charge in [-0.15, -0.1) is 0 Å². The fourth-order valence-electron chi connectivity index (χ4n) is 1.37. The monoisotopic (exact) mass is 213 g/mol. The third-order valence-corrected chi connectivity index (χ3v) is 3.65. The Bertz CT molecular complexity index is 404. The number of aromatic nitrogens is 1. The third-order valence-electron chi connectivity index (χ3n) is 2.09. The first-order valence-electron chi connectivity index (χ1n) is 4.32. The van der Waals surface area contributed by atoms with Crippen LogP contribution >= 0.6 is 0 Å². The Hall–Kier alpha value is -0.980. The topological polar surface area (TPSA) is 62.3 Å². The normalized spacial score (nSPS) is 21.1. The lowest BCUT2D eigenvalue weighted by Crippen LogP contribution is -2.28. The van der Waals surface area contributed by atoms with Crippen LogP contribution in [0.5, 0.6) is 0 Å². The Labute approximate surface area is 82.9 Å². The highest BCUT2D eigenvalue weighted by molar-refractivity contribution is 7.87. The predicted octanol–water partition coefficient (Wildman–Crippen LogP) is -0.268. The molecule has 0 spiro atoms. The molecule has 1 fully saturated rings. The molecule has 2 heterocycles. The van der Waals surface area contributed by atoms with Crippen molar-refractivity contribution in [2.24, 2.45) is 0 Å². The molecule has 5 nitrogen and oxygen atoms in total. The number of rotatable bonds is 2. The van der Waals surface area contributed by atoms with E-state index in [-0.39, 0.29) is 0 Å². The molecule has 1 saturated heterocycles. The molecule has 2 rings (SSSR count). The fraction of sp³-hybridized carbons (Fsp3) is 0.375. The first kappa shape index (κ1) is 9.57. The van der Waals surface area contributed by atoms with Gasteiger partial charge in [0.2, 0.25) is 0 Å². The van der Waals surface area contributed by atoms with E-state index in [9.17, 15) is 8.42 Å². The molecule has 0 amide bonds. The Morgan fingerprint density at radius 3 is 2.71 bits per heavy atom. The molecular formula is C8H11N3O2S. The number of hydrogen-bond acceptors (Lipinski definition) is 3. The summed E-state index contributed by atoms with van der Waals surface area (Å²) in [5.74, 6) is 0. The van der Waals surface area contributed by atoms with E-state index >= 15 is 0 Å². The molecule has 0 aliphatic carbocycles. The number of pyridine rings is 1. The van der Waals surface area contributed by atoms with Crippen molar-refractivity contribution in [3.05, 3.63) is 30.1 Å². The number of nitrogens with one attached hydrogen (secondary N) is 1. The second-order valence-electron chi connectivity index (χ2n) is 3.09.